The van der Waals surface area contributed by atoms with Gasteiger partial charge in [0, 0.05) is 6.04 Å². The van der Waals surface area contributed by atoms with Gasteiger partial charge < -0.3 is 5.11 Å². The molecule has 3 atom stereocenters. The quantitative estimate of drug-likeness (QED) is 0.719. The summed E-state index contributed by atoms with van der Waals surface area (Å²) >= 11 is 0. The molecule has 0 aromatic heterocycles. The number of hydrogen-bond donors (Lipinski definition) is 1. The second kappa shape index (κ2) is 4.84. The van der Waals surface area contributed by atoms with Crippen LogP contribution in [0.25, 0.3) is 0 Å². The van der Waals surface area contributed by atoms with Crippen molar-refractivity contribution >= 4 is 0 Å². The largest absolute Gasteiger partial charge is 0.391 e. The first kappa shape index (κ1) is 11.4. The normalized spacial score (nSPS) is 40.6. The summed E-state index contributed by atoms with van der Waals surface area (Å²) in [6.07, 6.45) is 6.00. The number of aliphatic hydroxyl groups is 1. The number of piperidine rings is 1. The molecule has 15 heavy (non-hydrogen) atoms. The Labute approximate surface area is 93.7 Å². The molecule has 0 aromatic carbocycles. The molecule has 0 amide bonds. The minimum absolute atomic E-state index is 0.0605. The number of hydrogen-bond acceptors (Lipinski definition) is 2. The van der Waals surface area contributed by atoms with Gasteiger partial charge in [-0.25, -0.2) is 0 Å². The summed E-state index contributed by atoms with van der Waals surface area (Å²) in [5, 5.41) is 10.1. The standard InChI is InChI=1S/C13H25NO/c1-10-5-7-14(8-6-10)12-9-11(2)3-4-13(12)15/h10-13,15H,3-9H2,1-2H3. The average molecular weight is 211 g/mol. The number of nitrogens with zero attached hydrogens (tertiary/aromatic N) is 1. The molecule has 3 unspecified atom stereocenters. The number of likely N-dealkylation sites (tertiary alicyclic amines) is 1. The SMILES string of the molecule is CC1CCN(C2CC(C)CCC2O)CC1. The molecule has 1 saturated heterocycles. The zero-order valence-electron chi connectivity index (χ0n) is 10.2. The maximum atomic E-state index is 10.1. The van der Waals surface area contributed by atoms with Crippen LogP contribution in [0.15, 0.2) is 0 Å². The third kappa shape index (κ3) is 2.73. The Balaban J connectivity index is 1.90. The van der Waals surface area contributed by atoms with E-state index in [-0.39, 0.29) is 6.10 Å². The van der Waals surface area contributed by atoms with Crippen molar-refractivity contribution in [2.24, 2.45) is 11.8 Å². The van der Waals surface area contributed by atoms with Gasteiger partial charge in [-0.15, -0.1) is 0 Å². The molecule has 1 saturated carbocycles. The van der Waals surface area contributed by atoms with Crippen LogP contribution in [0.4, 0.5) is 0 Å². The second-order valence-electron chi connectivity index (χ2n) is 5.77. The molecule has 0 spiro atoms. The maximum absolute atomic E-state index is 10.1. The fraction of sp³-hybridized carbons (Fsp3) is 1.00. The van der Waals surface area contributed by atoms with Crippen molar-refractivity contribution in [1.82, 2.24) is 4.90 Å². The van der Waals surface area contributed by atoms with Gasteiger partial charge in [0.2, 0.25) is 0 Å². The van der Waals surface area contributed by atoms with Gasteiger partial charge in [-0.1, -0.05) is 13.8 Å². The zero-order valence-corrected chi connectivity index (χ0v) is 10.2. The highest BCUT2D eigenvalue weighted by Gasteiger charge is 2.32. The second-order valence-corrected chi connectivity index (χ2v) is 5.77. The summed E-state index contributed by atoms with van der Waals surface area (Å²) in [7, 11) is 0. The molecule has 2 fully saturated rings. The van der Waals surface area contributed by atoms with Gasteiger partial charge in [-0.05, 0) is 57.0 Å². The van der Waals surface area contributed by atoms with Crippen LogP contribution in [0.5, 0.6) is 0 Å². The average Bonchev–Trinajstić information content (AvgIpc) is 2.23. The number of rotatable bonds is 1. The van der Waals surface area contributed by atoms with E-state index in [0.29, 0.717) is 6.04 Å². The van der Waals surface area contributed by atoms with Gasteiger partial charge >= 0.3 is 0 Å². The molecule has 2 nitrogen and oxygen atoms in total. The Morgan fingerprint density at radius 1 is 0.933 bits per heavy atom. The van der Waals surface area contributed by atoms with Crippen molar-refractivity contribution in [2.45, 2.75) is 58.1 Å². The van der Waals surface area contributed by atoms with E-state index in [2.05, 4.69) is 18.7 Å². The Morgan fingerprint density at radius 2 is 1.60 bits per heavy atom. The number of aliphatic hydroxyl groups excluding tert-OH is 1. The molecule has 0 aromatic rings. The minimum atomic E-state index is -0.0605. The highest BCUT2D eigenvalue weighted by atomic mass is 16.3. The fourth-order valence-corrected chi connectivity index (χ4v) is 3.09. The molecule has 2 aliphatic rings. The zero-order chi connectivity index (χ0) is 10.8. The summed E-state index contributed by atoms with van der Waals surface area (Å²) in [5.74, 6) is 1.69. The molecule has 0 radical (unpaired) electrons. The van der Waals surface area contributed by atoms with Crippen molar-refractivity contribution in [3.63, 3.8) is 0 Å². The van der Waals surface area contributed by atoms with E-state index >= 15 is 0 Å². The first-order valence-electron chi connectivity index (χ1n) is 6.59. The minimum Gasteiger partial charge on any atom is -0.391 e. The highest BCUT2D eigenvalue weighted by molar-refractivity contribution is 4.87. The molecule has 2 heteroatoms. The van der Waals surface area contributed by atoms with Crippen molar-refractivity contribution in [3.8, 4) is 0 Å². The smallest absolute Gasteiger partial charge is 0.0695 e. The summed E-state index contributed by atoms with van der Waals surface area (Å²) in [6.45, 7) is 7.08. The third-order valence-corrected chi connectivity index (χ3v) is 4.33. The van der Waals surface area contributed by atoms with Crippen LogP contribution in [-0.4, -0.2) is 35.2 Å². The van der Waals surface area contributed by atoms with Crippen LogP contribution >= 0.6 is 0 Å². The summed E-state index contributed by atoms with van der Waals surface area (Å²) in [6, 6.07) is 0.459. The first-order chi connectivity index (χ1) is 7.16. The van der Waals surface area contributed by atoms with Crippen LogP contribution in [0.3, 0.4) is 0 Å². The molecule has 1 heterocycles. The van der Waals surface area contributed by atoms with E-state index in [4.69, 9.17) is 0 Å². The Morgan fingerprint density at radius 3 is 2.27 bits per heavy atom. The van der Waals surface area contributed by atoms with E-state index in [1.807, 2.05) is 0 Å². The lowest BCUT2D eigenvalue weighted by Crippen LogP contribution is -2.49. The van der Waals surface area contributed by atoms with Crippen LogP contribution in [0.1, 0.15) is 46.0 Å². The van der Waals surface area contributed by atoms with Gasteiger partial charge in [0.25, 0.3) is 0 Å². The van der Waals surface area contributed by atoms with E-state index in [9.17, 15) is 5.11 Å². The van der Waals surface area contributed by atoms with Crippen LogP contribution in [0.2, 0.25) is 0 Å². The van der Waals surface area contributed by atoms with Crippen molar-refractivity contribution in [1.29, 1.82) is 0 Å². The van der Waals surface area contributed by atoms with Crippen LogP contribution < -0.4 is 0 Å². The molecule has 0 bridgehead atoms. The lowest BCUT2D eigenvalue weighted by molar-refractivity contribution is -0.00741. The first-order valence-corrected chi connectivity index (χ1v) is 6.59. The molecular weight excluding hydrogens is 186 g/mol. The molecule has 2 rings (SSSR count). The van der Waals surface area contributed by atoms with Gasteiger partial charge in [0.05, 0.1) is 6.10 Å². The van der Waals surface area contributed by atoms with E-state index < -0.39 is 0 Å². The molecule has 1 aliphatic carbocycles. The predicted molar refractivity (Wildman–Crippen MR) is 62.8 cm³/mol. The predicted octanol–water partition coefficient (Wildman–Crippen LogP) is 2.27. The summed E-state index contributed by atoms with van der Waals surface area (Å²) in [4.78, 5) is 2.54. The third-order valence-electron chi connectivity index (χ3n) is 4.33. The van der Waals surface area contributed by atoms with E-state index in [1.165, 1.54) is 38.8 Å². The van der Waals surface area contributed by atoms with Gasteiger partial charge in [-0.3, -0.25) is 4.90 Å². The van der Waals surface area contributed by atoms with Crippen molar-refractivity contribution < 1.29 is 5.11 Å². The Bertz CT molecular complexity index is 199. The Kier molecular flexibility index (Phi) is 3.68. The maximum Gasteiger partial charge on any atom is 0.0695 e. The van der Waals surface area contributed by atoms with E-state index in [0.717, 1.165) is 18.3 Å². The van der Waals surface area contributed by atoms with Gasteiger partial charge in [-0.2, -0.15) is 0 Å². The van der Waals surface area contributed by atoms with Gasteiger partial charge in [0.1, 0.15) is 0 Å². The van der Waals surface area contributed by atoms with E-state index in [1.54, 1.807) is 0 Å². The topological polar surface area (TPSA) is 23.5 Å². The van der Waals surface area contributed by atoms with Crippen molar-refractivity contribution in [2.75, 3.05) is 13.1 Å². The summed E-state index contributed by atoms with van der Waals surface area (Å²) in [5.41, 5.74) is 0. The molecule has 88 valence electrons. The molecule has 1 aliphatic heterocycles. The molecule has 1 N–H and O–H groups in total. The lowest BCUT2D eigenvalue weighted by atomic mass is 9.83. The van der Waals surface area contributed by atoms with Crippen molar-refractivity contribution in [3.05, 3.63) is 0 Å². The van der Waals surface area contributed by atoms with Crippen LogP contribution in [-0.2, 0) is 0 Å². The monoisotopic (exact) mass is 211 g/mol. The summed E-state index contributed by atoms with van der Waals surface area (Å²) < 4.78 is 0. The highest BCUT2D eigenvalue weighted by Crippen LogP contribution is 2.30. The fourth-order valence-electron chi connectivity index (χ4n) is 3.09. The lowest BCUT2D eigenvalue weighted by Gasteiger charge is -2.42. The Hall–Kier alpha value is -0.0800. The van der Waals surface area contributed by atoms with Gasteiger partial charge in [0.15, 0.2) is 0 Å². The molecular formula is C13H25NO. The van der Waals surface area contributed by atoms with Crippen LogP contribution in [0, 0.1) is 11.8 Å².